The Morgan fingerprint density at radius 1 is 1.14 bits per heavy atom. The summed E-state index contributed by atoms with van der Waals surface area (Å²) in [4.78, 5) is 21.3. The van der Waals surface area contributed by atoms with Crippen LogP contribution in [0.1, 0.15) is 39.0 Å². The van der Waals surface area contributed by atoms with Crippen molar-refractivity contribution in [3.05, 3.63) is 36.4 Å². The van der Waals surface area contributed by atoms with Gasteiger partial charge in [0.05, 0.1) is 4.90 Å². The standard InChI is InChI=1S/C25H38N6O3S/c1-4-18-13-16-31(17-14-18)24(32)21(10-7-15-28-25(26)27)29-35(33,34)23-12-6-8-19-20(23)9-5-11-22(19)30(2)3/h5-6,8-9,11-12,18,21,29H,4,7,10,13-17H2,1-3H3,(H4,26,27,28)/t21-/m0/s1. The third-order valence-corrected chi connectivity index (χ3v) is 8.20. The van der Waals surface area contributed by atoms with E-state index in [0.717, 1.165) is 30.3 Å². The normalized spacial score (nSPS) is 15.7. The molecule has 1 amide bonds. The van der Waals surface area contributed by atoms with Gasteiger partial charge in [-0.15, -0.1) is 0 Å². The topological polar surface area (TPSA) is 134 Å². The number of rotatable bonds is 10. The van der Waals surface area contributed by atoms with Crippen LogP contribution in [0.2, 0.25) is 0 Å². The number of carbonyl (C=O) groups is 1. The second-order valence-electron chi connectivity index (χ2n) is 9.32. The second-order valence-corrected chi connectivity index (χ2v) is 11.0. The highest BCUT2D eigenvalue weighted by Crippen LogP contribution is 2.30. The van der Waals surface area contributed by atoms with Gasteiger partial charge in [-0.25, -0.2) is 8.42 Å². The van der Waals surface area contributed by atoms with Crippen LogP contribution in [0.15, 0.2) is 46.3 Å². The first-order valence-electron chi connectivity index (χ1n) is 12.2. The minimum Gasteiger partial charge on any atom is -0.377 e. The molecule has 0 spiro atoms. The zero-order chi connectivity index (χ0) is 25.6. The molecule has 1 heterocycles. The van der Waals surface area contributed by atoms with E-state index in [2.05, 4.69) is 16.6 Å². The summed E-state index contributed by atoms with van der Waals surface area (Å²) in [5.74, 6) is 0.391. The van der Waals surface area contributed by atoms with Gasteiger partial charge in [0, 0.05) is 50.2 Å². The minimum atomic E-state index is -3.98. The van der Waals surface area contributed by atoms with Crippen LogP contribution in [0, 0.1) is 5.92 Å². The molecule has 1 saturated heterocycles. The van der Waals surface area contributed by atoms with Gasteiger partial charge in [0.1, 0.15) is 6.04 Å². The highest BCUT2D eigenvalue weighted by molar-refractivity contribution is 7.89. The summed E-state index contributed by atoms with van der Waals surface area (Å²) in [7, 11) is -0.147. The first kappa shape index (κ1) is 26.7. The van der Waals surface area contributed by atoms with Gasteiger partial charge in [-0.3, -0.25) is 9.79 Å². The third kappa shape index (κ3) is 6.64. The van der Waals surface area contributed by atoms with Crippen LogP contribution in [-0.2, 0) is 14.8 Å². The number of nitrogens with one attached hydrogen (secondary N) is 1. The lowest BCUT2D eigenvalue weighted by Gasteiger charge is -2.34. The average Bonchev–Trinajstić information content (AvgIpc) is 2.84. The number of guanidine groups is 1. The van der Waals surface area contributed by atoms with Crippen molar-refractivity contribution in [2.45, 2.75) is 50.0 Å². The predicted molar refractivity (Wildman–Crippen MR) is 142 cm³/mol. The molecule has 9 nitrogen and oxygen atoms in total. The molecule has 0 saturated carbocycles. The lowest BCUT2D eigenvalue weighted by molar-refractivity contribution is -0.134. The number of anilines is 1. The molecule has 1 fully saturated rings. The number of piperidine rings is 1. The summed E-state index contributed by atoms with van der Waals surface area (Å²) in [6.45, 7) is 3.77. The Morgan fingerprint density at radius 2 is 1.80 bits per heavy atom. The maximum Gasteiger partial charge on any atom is 0.241 e. The van der Waals surface area contributed by atoms with Gasteiger partial charge in [-0.1, -0.05) is 37.6 Å². The fourth-order valence-corrected chi connectivity index (χ4v) is 6.10. The van der Waals surface area contributed by atoms with E-state index in [9.17, 15) is 13.2 Å². The van der Waals surface area contributed by atoms with Crippen molar-refractivity contribution in [1.29, 1.82) is 0 Å². The summed E-state index contributed by atoms with van der Waals surface area (Å²) < 4.78 is 29.9. The number of aliphatic imine (C=N–C) groups is 1. The molecule has 1 atom stereocenters. The maximum absolute atomic E-state index is 13.6. The molecule has 3 rings (SSSR count). The van der Waals surface area contributed by atoms with Crippen molar-refractivity contribution >= 4 is 38.3 Å². The Kier molecular flexibility index (Phi) is 8.96. The molecule has 0 bridgehead atoms. The summed E-state index contributed by atoms with van der Waals surface area (Å²) in [5.41, 5.74) is 11.7. The molecule has 0 aromatic heterocycles. The van der Waals surface area contributed by atoms with Crippen molar-refractivity contribution in [3.8, 4) is 0 Å². The molecular formula is C25H38N6O3S. The van der Waals surface area contributed by atoms with Gasteiger partial charge in [-0.05, 0) is 43.7 Å². The number of nitrogens with zero attached hydrogens (tertiary/aromatic N) is 3. The van der Waals surface area contributed by atoms with Crippen LogP contribution in [0.25, 0.3) is 10.8 Å². The summed E-state index contributed by atoms with van der Waals surface area (Å²) in [6.07, 6.45) is 3.74. The number of carbonyl (C=O) groups excluding carboxylic acids is 1. The SMILES string of the molecule is CCC1CCN(C(=O)[C@H](CCCN=C(N)N)NS(=O)(=O)c2cccc3c(N(C)C)cccc23)CC1. The molecule has 0 unspecified atom stereocenters. The Hall–Kier alpha value is -2.85. The zero-order valence-corrected chi connectivity index (χ0v) is 21.7. The molecule has 2 aromatic carbocycles. The monoisotopic (exact) mass is 502 g/mol. The second kappa shape index (κ2) is 11.7. The first-order valence-corrected chi connectivity index (χ1v) is 13.7. The maximum atomic E-state index is 13.6. The Morgan fingerprint density at radius 3 is 2.43 bits per heavy atom. The number of benzene rings is 2. The van der Waals surface area contributed by atoms with Gasteiger partial charge in [0.15, 0.2) is 5.96 Å². The van der Waals surface area contributed by atoms with Crippen LogP contribution in [0.5, 0.6) is 0 Å². The number of sulfonamides is 1. The summed E-state index contributed by atoms with van der Waals surface area (Å²) in [6, 6.07) is 9.91. The molecule has 1 aliphatic rings. The van der Waals surface area contributed by atoms with E-state index >= 15 is 0 Å². The highest BCUT2D eigenvalue weighted by Gasteiger charge is 2.31. The smallest absolute Gasteiger partial charge is 0.241 e. The van der Waals surface area contributed by atoms with Crippen molar-refractivity contribution in [2.24, 2.45) is 22.4 Å². The first-order chi connectivity index (χ1) is 16.6. The Labute approximate surface area is 208 Å². The quantitative estimate of drug-likeness (QED) is 0.259. The summed E-state index contributed by atoms with van der Waals surface area (Å²) >= 11 is 0. The molecular weight excluding hydrogens is 464 g/mol. The number of likely N-dealkylation sites (tertiary alicyclic amines) is 1. The van der Waals surface area contributed by atoms with E-state index in [4.69, 9.17) is 11.5 Å². The number of amides is 1. The third-order valence-electron chi connectivity index (χ3n) is 6.67. The Bertz CT molecular complexity index is 1150. The van der Waals surface area contributed by atoms with Gasteiger partial charge in [0.2, 0.25) is 15.9 Å². The van der Waals surface area contributed by atoms with Crippen LogP contribution >= 0.6 is 0 Å². The predicted octanol–water partition coefficient (Wildman–Crippen LogP) is 2.25. The van der Waals surface area contributed by atoms with E-state index < -0.39 is 16.1 Å². The number of hydrogen-bond donors (Lipinski definition) is 3. The average molecular weight is 503 g/mol. The fraction of sp³-hybridized carbons (Fsp3) is 0.520. The fourth-order valence-electron chi connectivity index (χ4n) is 4.66. The molecule has 2 aromatic rings. The summed E-state index contributed by atoms with van der Waals surface area (Å²) in [5, 5.41) is 1.44. The van der Waals surface area contributed by atoms with Crippen LogP contribution in [0.4, 0.5) is 5.69 Å². The van der Waals surface area contributed by atoms with E-state index in [1.807, 2.05) is 37.2 Å². The van der Waals surface area contributed by atoms with Crippen LogP contribution < -0.4 is 21.1 Å². The van der Waals surface area contributed by atoms with Gasteiger partial charge in [0.25, 0.3) is 0 Å². The molecule has 1 aliphatic heterocycles. The van der Waals surface area contributed by atoms with Crippen LogP contribution in [-0.4, -0.2) is 65.0 Å². The highest BCUT2D eigenvalue weighted by atomic mass is 32.2. The zero-order valence-electron chi connectivity index (χ0n) is 20.9. The Balaban J connectivity index is 1.89. The van der Waals surface area contributed by atoms with Crippen LogP contribution in [0.3, 0.4) is 0 Å². The number of fused-ring (bicyclic) bond motifs is 1. The van der Waals surface area contributed by atoms with E-state index in [1.54, 1.807) is 23.1 Å². The van der Waals surface area contributed by atoms with Gasteiger partial charge in [-0.2, -0.15) is 4.72 Å². The van der Waals surface area contributed by atoms with Crippen molar-refractivity contribution in [2.75, 3.05) is 38.6 Å². The van der Waals surface area contributed by atoms with Crippen molar-refractivity contribution < 1.29 is 13.2 Å². The van der Waals surface area contributed by atoms with E-state index in [1.165, 1.54) is 0 Å². The molecule has 5 N–H and O–H groups in total. The van der Waals surface area contributed by atoms with Gasteiger partial charge < -0.3 is 21.3 Å². The number of hydrogen-bond acceptors (Lipinski definition) is 5. The molecule has 0 aliphatic carbocycles. The molecule has 192 valence electrons. The molecule has 10 heteroatoms. The van der Waals surface area contributed by atoms with E-state index in [-0.39, 0.29) is 16.8 Å². The van der Waals surface area contributed by atoms with Crippen molar-refractivity contribution in [3.63, 3.8) is 0 Å². The minimum absolute atomic E-state index is 0.0254. The molecule has 0 radical (unpaired) electrons. The van der Waals surface area contributed by atoms with Crippen molar-refractivity contribution in [1.82, 2.24) is 9.62 Å². The molecule has 35 heavy (non-hydrogen) atoms. The lowest BCUT2D eigenvalue weighted by Crippen LogP contribution is -2.50. The van der Waals surface area contributed by atoms with Gasteiger partial charge >= 0.3 is 0 Å². The van der Waals surface area contributed by atoms with E-state index in [0.29, 0.717) is 43.8 Å². The largest absolute Gasteiger partial charge is 0.377 e. The lowest BCUT2D eigenvalue weighted by atomic mass is 9.94. The number of nitrogens with two attached hydrogens (primary N) is 2.